The van der Waals surface area contributed by atoms with Crippen LogP contribution in [0.5, 0.6) is 0 Å². The molecule has 0 bridgehead atoms. The number of hydrogen-bond donors (Lipinski definition) is 2. The van der Waals surface area contributed by atoms with Crippen LogP contribution in [-0.4, -0.2) is 39.6 Å². The maximum atomic E-state index is 13.9. The Morgan fingerprint density at radius 1 is 1.00 bits per heavy atom. The molecule has 36 heavy (non-hydrogen) atoms. The summed E-state index contributed by atoms with van der Waals surface area (Å²) >= 11 is 0. The number of carboxylic acids is 1. The van der Waals surface area contributed by atoms with Crippen LogP contribution in [-0.2, 0) is 19.2 Å². The van der Waals surface area contributed by atoms with Crippen molar-refractivity contribution < 1.29 is 29.4 Å². The van der Waals surface area contributed by atoms with Crippen LogP contribution >= 0.6 is 0 Å². The molecule has 0 aromatic heterocycles. The predicted octanol–water partition coefficient (Wildman–Crippen LogP) is 5.16. The molecule has 2 saturated carbocycles. The Morgan fingerprint density at radius 2 is 1.64 bits per heavy atom. The molecule has 4 aliphatic carbocycles. The van der Waals surface area contributed by atoms with Crippen molar-refractivity contribution in [3.63, 3.8) is 0 Å². The number of allylic oxidation sites excluding steroid dienone is 1. The van der Waals surface area contributed by atoms with Crippen LogP contribution in [0.2, 0.25) is 0 Å². The zero-order valence-electron chi connectivity index (χ0n) is 23.1. The summed E-state index contributed by atoms with van der Waals surface area (Å²) in [7, 11) is 0. The van der Waals surface area contributed by atoms with Crippen LogP contribution in [0.1, 0.15) is 99.8 Å². The van der Waals surface area contributed by atoms with E-state index in [-0.39, 0.29) is 58.8 Å². The average Bonchev–Trinajstić information content (AvgIpc) is 2.99. The molecule has 0 aromatic carbocycles. The van der Waals surface area contributed by atoms with E-state index >= 15 is 0 Å². The largest absolute Gasteiger partial charge is 0.481 e. The van der Waals surface area contributed by atoms with Crippen LogP contribution in [0.15, 0.2) is 11.1 Å². The Balaban J connectivity index is 1.69. The van der Waals surface area contributed by atoms with Crippen molar-refractivity contribution in [3.8, 4) is 0 Å². The van der Waals surface area contributed by atoms with E-state index in [4.69, 9.17) is 0 Å². The minimum Gasteiger partial charge on any atom is -0.481 e. The van der Waals surface area contributed by atoms with Gasteiger partial charge in [-0.25, -0.2) is 0 Å². The lowest BCUT2D eigenvalue weighted by Gasteiger charge is -2.60. The topological polar surface area (TPSA) is 109 Å². The van der Waals surface area contributed by atoms with Crippen molar-refractivity contribution in [3.05, 3.63) is 11.1 Å². The smallest absolute Gasteiger partial charge is 0.306 e. The third-order valence-corrected chi connectivity index (χ3v) is 11.6. The van der Waals surface area contributed by atoms with E-state index in [1.807, 2.05) is 20.8 Å². The quantitative estimate of drug-likeness (QED) is 0.521. The molecule has 0 saturated heterocycles. The van der Waals surface area contributed by atoms with Crippen molar-refractivity contribution in [2.24, 2.45) is 45.3 Å². The second kappa shape index (κ2) is 8.61. The third-order valence-electron chi connectivity index (χ3n) is 11.6. The number of carbonyl (C=O) groups excluding carboxylic acids is 3. The zero-order valence-corrected chi connectivity index (χ0v) is 23.1. The third kappa shape index (κ3) is 3.60. The first-order valence-corrected chi connectivity index (χ1v) is 13.7. The second-order valence-electron chi connectivity index (χ2n) is 13.7. The van der Waals surface area contributed by atoms with Gasteiger partial charge < -0.3 is 10.2 Å². The molecule has 6 nitrogen and oxygen atoms in total. The SMILES string of the molecule is CC(CC(=O)CC(C)C1CC(O)C2(C)C3=C(CCC12C)C1(C)CCC(=O)C(C)(C)C1CC3=O)C(=O)O. The van der Waals surface area contributed by atoms with E-state index < -0.39 is 28.8 Å². The molecule has 2 N–H and O–H groups in total. The normalized spacial score (nSPS) is 41.3. The maximum Gasteiger partial charge on any atom is 0.306 e. The highest BCUT2D eigenvalue weighted by Crippen LogP contribution is 2.71. The number of carbonyl (C=O) groups is 4. The Bertz CT molecular complexity index is 1040. The molecule has 4 rings (SSSR count). The van der Waals surface area contributed by atoms with E-state index in [1.165, 1.54) is 5.57 Å². The first-order chi connectivity index (χ1) is 16.5. The van der Waals surface area contributed by atoms with E-state index in [1.54, 1.807) is 6.92 Å². The Labute approximate surface area is 215 Å². The standard InChI is InChI=1S/C30H44O6/c1-16(12-18(31)13-17(2)26(35)36)20-14-24(34)30(7)25-19(8-11-29(20,30)6)28(5)10-9-23(33)27(3,4)22(28)15-21(25)32/h16-17,20,22,24,34H,8-15H2,1-7H3,(H,35,36). The monoisotopic (exact) mass is 500 g/mol. The van der Waals surface area contributed by atoms with Gasteiger partial charge in [0.15, 0.2) is 5.78 Å². The number of ketones is 3. The molecule has 0 aromatic rings. The summed E-state index contributed by atoms with van der Waals surface area (Å²) in [5, 5.41) is 20.8. The molecule has 0 spiro atoms. The van der Waals surface area contributed by atoms with Gasteiger partial charge in [0, 0.05) is 42.1 Å². The van der Waals surface area contributed by atoms with Gasteiger partial charge in [-0.3, -0.25) is 19.2 Å². The van der Waals surface area contributed by atoms with Crippen molar-refractivity contribution in [1.29, 1.82) is 0 Å². The minimum absolute atomic E-state index is 0.0182. The molecule has 4 aliphatic rings. The fourth-order valence-electron chi connectivity index (χ4n) is 9.11. The fourth-order valence-corrected chi connectivity index (χ4v) is 9.11. The Kier molecular flexibility index (Phi) is 6.51. The number of aliphatic carboxylic acids is 1. The summed E-state index contributed by atoms with van der Waals surface area (Å²) in [6.07, 6.45) is 3.39. The van der Waals surface area contributed by atoms with Gasteiger partial charge in [0.2, 0.25) is 0 Å². The lowest BCUT2D eigenvalue weighted by atomic mass is 9.43. The first kappa shape index (κ1) is 27.2. The van der Waals surface area contributed by atoms with E-state index in [0.29, 0.717) is 19.3 Å². The molecular formula is C30H44O6. The van der Waals surface area contributed by atoms with Gasteiger partial charge in [-0.2, -0.15) is 0 Å². The van der Waals surface area contributed by atoms with Crippen molar-refractivity contribution in [2.75, 3.05) is 0 Å². The molecule has 200 valence electrons. The highest BCUT2D eigenvalue weighted by molar-refractivity contribution is 6.01. The predicted molar refractivity (Wildman–Crippen MR) is 136 cm³/mol. The van der Waals surface area contributed by atoms with Gasteiger partial charge in [0.05, 0.1) is 12.0 Å². The molecule has 2 fully saturated rings. The molecule has 0 radical (unpaired) electrons. The number of aliphatic hydroxyl groups is 1. The molecule has 8 unspecified atom stereocenters. The van der Waals surface area contributed by atoms with Crippen LogP contribution in [0.3, 0.4) is 0 Å². The van der Waals surface area contributed by atoms with E-state index in [9.17, 15) is 29.4 Å². The van der Waals surface area contributed by atoms with Crippen molar-refractivity contribution in [2.45, 2.75) is 106 Å². The number of aliphatic hydroxyl groups excluding tert-OH is 1. The fraction of sp³-hybridized carbons (Fsp3) is 0.800. The Morgan fingerprint density at radius 3 is 2.25 bits per heavy atom. The summed E-state index contributed by atoms with van der Waals surface area (Å²) < 4.78 is 0. The van der Waals surface area contributed by atoms with Gasteiger partial charge in [-0.05, 0) is 54.3 Å². The van der Waals surface area contributed by atoms with Gasteiger partial charge in [0.1, 0.15) is 11.6 Å². The minimum atomic E-state index is -0.964. The van der Waals surface area contributed by atoms with Gasteiger partial charge >= 0.3 is 5.97 Å². The van der Waals surface area contributed by atoms with Gasteiger partial charge in [-0.1, -0.05) is 54.0 Å². The van der Waals surface area contributed by atoms with Gasteiger partial charge in [-0.15, -0.1) is 0 Å². The molecule has 0 heterocycles. The van der Waals surface area contributed by atoms with Crippen molar-refractivity contribution in [1.82, 2.24) is 0 Å². The summed E-state index contributed by atoms with van der Waals surface area (Å²) in [5.74, 6) is -1.39. The van der Waals surface area contributed by atoms with Gasteiger partial charge in [0.25, 0.3) is 0 Å². The average molecular weight is 501 g/mol. The van der Waals surface area contributed by atoms with Crippen LogP contribution in [0.4, 0.5) is 0 Å². The van der Waals surface area contributed by atoms with Crippen LogP contribution < -0.4 is 0 Å². The Hall–Kier alpha value is -1.82. The van der Waals surface area contributed by atoms with E-state index in [0.717, 1.165) is 24.8 Å². The number of rotatable bonds is 6. The number of Topliss-reactive ketones (excluding diaryl/α,β-unsaturated/α-hetero) is 3. The molecular weight excluding hydrogens is 456 g/mol. The summed E-state index contributed by atoms with van der Waals surface area (Å²) in [4.78, 5) is 50.6. The van der Waals surface area contributed by atoms with Crippen LogP contribution in [0, 0.1) is 45.3 Å². The maximum absolute atomic E-state index is 13.9. The lowest BCUT2D eigenvalue weighted by Crippen LogP contribution is -2.57. The number of hydrogen-bond acceptors (Lipinski definition) is 5. The summed E-state index contributed by atoms with van der Waals surface area (Å²) in [5.41, 5.74) is 0.172. The molecule has 0 amide bonds. The second-order valence-corrected chi connectivity index (χ2v) is 13.7. The van der Waals surface area contributed by atoms with E-state index in [2.05, 4.69) is 20.8 Å². The number of fused-ring (bicyclic) bond motifs is 4. The molecule has 6 heteroatoms. The van der Waals surface area contributed by atoms with Crippen molar-refractivity contribution >= 4 is 23.3 Å². The summed E-state index contributed by atoms with van der Waals surface area (Å²) in [6, 6.07) is 0. The molecule has 0 aliphatic heterocycles. The highest BCUT2D eigenvalue weighted by Gasteiger charge is 2.68. The summed E-state index contributed by atoms with van der Waals surface area (Å²) in [6.45, 7) is 14.1. The first-order valence-electron chi connectivity index (χ1n) is 13.7. The van der Waals surface area contributed by atoms with Crippen LogP contribution in [0.25, 0.3) is 0 Å². The molecule has 8 atom stereocenters. The highest BCUT2D eigenvalue weighted by atomic mass is 16.4. The number of carboxylic acid groups (broad SMARTS) is 1. The zero-order chi connectivity index (χ0) is 27.0. The lowest BCUT2D eigenvalue weighted by molar-refractivity contribution is -0.143.